The van der Waals surface area contributed by atoms with Crippen LogP contribution in [0.5, 0.6) is 0 Å². The van der Waals surface area contributed by atoms with Gasteiger partial charge in [-0.1, -0.05) is 0 Å². The third-order valence-corrected chi connectivity index (χ3v) is 7.01. The molecule has 1 aromatic carbocycles. The van der Waals surface area contributed by atoms with Crippen LogP contribution in [0, 0.1) is 5.82 Å². The Morgan fingerprint density at radius 3 is 2.72 bits per heavy atom. The molecule has 0 bridgehead atoms. The average molecular weight is 503 g/mol. The van der Waals surface area contributed by atoms with Gasteiger partial charge < -0.3 is 15.4 Å². The first-order chi connectivity index (χ1) is 17.3. The van der Waals surface area contributed by atoms with Crippen molar-refractivity contribution in [2.75, 3.05) is 23.8 Å². The number of halogens is 4. The molecule has 36 heavy (non-hydrogen) atoms. The van der Waals surface area contributed by atoms with Gasteiger partial charge in [-0.2, -0.15) is 18.3 Å². The molecule has 0 amide bonds. The number of anilines is 2. The fourth-order valence-corrected chi connectivity index (χ4v) is 4.87. The Kier molecular flexibility index (Phi) is 5.62. The Balaban J connectivity index is 1.35. The molecule has 6 rings (SSSR count). The van der Waals surface area contributed by atoms with E-state index < -0.39 is 17.6 Å². The van der Waals surface area contributed by atoms with Gasteiger partial charge in [-0.15, -0.1) is 0 Å². The number of fused-ring (bicyclic) bond motifs is 1. The molecule has 2 aliphatic heterocycles. The molecule has 2 N–H and O–H groups in total. The lowest BCUT2D eigenvalue weighted by molar-refractivity contribution is -0.137. The zero-order valence-corrected chi connectivity index (χ0v) is 19.6. The molecule has 4 heterocycles. The minimum Gasteiger partial charge on any atom is -0.378 e. The van der Waals surface area contributed by atoms with Crippen molar-refractivity contribution in [3.8, 4) is 11.3 Å². The second-order valence-corrected chi connectivity index (χ2v) is 9.84. The van der Waals surface area contributed by atoms with Gasteiger partial charge in [0.05, 0.1) is 23.9 Å². The molecule has 7 nitrogen and oxygen atoms in total. The van der Waals surface area contributed by atoms with E-state index in [0.29, 0.717) is 55.4 Å². The molecule has 11 heteroatoms. The maximum Gasteiger partial charge on any atom is 0.416 e. The molecule has 0 radical (unpaired) electrons. The smallest absolute Gasteiger partial charge is 0.378 e. The molecule has 2 aromatic heterocycles. The summed E-state index contributed by atoms with van der Waals surface area (Å²) in [5.41, 5.74) is 0.716. The summed E-state index contributed by atoms with van der Waals surface area (Å²) in [4.78, 5) is 9.49. The van der Waals surface area contributed by atoms with Gasteiger partial charge in [0, 0.05) is 42.4 Å². The van der Waals surface area contributed by atoms with E-state index in [1.54, 1.807) is 0 Å². The van der Waals surface area contributed by atoms with Crippen molar-refractivity contribution in [2.45, 2.75) is 62.9 Å². The van der Waals surface area contributed by atoms with Crippen molar-refractivity contribution in [3.05, 3.63) is 53.4 Å². The van der Waals surface area contributed by atoms with Crippen LogP contribution in [0.2, 0.25) is 0 Å². The van der Waals surface area contributed by atoms with Crippen LogP contribution in [-0.2, 0) is 10.9 Å². The van der Waals surface area contributed by atoms with E-state index in [2.05, 4.69) is 15.7 Å². The molecular weight excluding hydrogens is 476 g/mol. The zero-order valence-electron chi connectivity index (χ0n) is 19.6. The SMILES string of the molecule is CC1CNc2c(nc(C3CCO[C@@H](c4cnn(C5CC5)c4)C3)nc2-c2ccc(C(F)(F)F)cc2F)N1. The number of hydrogen-bond donors (Lipinski definition) is 2. The second-order valence-electron chi connectivity index (χ2n) is 9.84. The van der Waals surface area contributed by atoms with Gasteiger partial charge >= 0.3 is 6.18 Å². The number of ether oxygens (including phenoxy) is 1. The topological polar surface area (TPSA) is 76.9 Å². The lowest BCUT2D eigenvalue weighted by atomic mass is 9.92. The molecule has 190 valence electrons. The Bertz CT molecular complexity index is 1290. The van der Waals surface area contributed by atoms with Crippen molar-refractivity contribution < 1.29 is 22.3 Å². The fourth-order valence-electron chi connectivity index (χ4n) is 4.87. The van der Waals surface area contributed by atoms with Crippen LogP contribution in [0.25, 0.3) is 11.3 Å². The normalized spacial score (nSPS) is 24.1. The Labute approximate surface area is 205 Å². The van der Waals surface area contributed by atoms with Gasteiger partial charge in [-0.05, 0) is 50.8 Å². The number of rotatable bonds is 4. The van der Waals surface area contributed by atoms with Gasteiger partial charge in [0.2, 0.25) is 0 Å². The number of nitrogens with zero attached hydrogens (tertiary/aromatic N) is 4. The summed E-state index contributed by atoms with van der Waals surface area (Å²) in [7, 11) is 0. The summed E-state index contributed by atoms with van der Waals surface area (Å²) >= 11 is 0. The molecule has 0 spiro atoms. The molecule has 1 saturated carbocycles. The number of benzene rings is 1. The van der Waals surface area contributed by atoms with Gasteiger partial charge in [0.1, 0.15) is 23.0 Å². The van der Waals surface area contributed by atoms with Crippen LogP contribution in [0.1, 0.15) is 67.6 Å². The summed E-state index contributed by atoms with van der Waals surface area (Å²) in [6, 6.07) is 3.09. The van der Waals surface area contributed by atoms with Crippen LogP contribution in [0.15, 0.2) is 30.6 Å². The van der Waals surface area contributed by atoms with Crippen molar-refractivity contribution in [2.24, 2.45) is 0 Å². The van der Waals surface area contributed by atoms with Gasteiger partial charge in [-0.25, -0.2) is 14.4 Å². The van der Waals surface area contributed by atoms with Crippen molar-refractivity contribution in [1.29, 1.82) is 0 Å². The van der Waals surface area contributed by atoms with Gasteiger partial charge in [0.15, 0.2) is 5.82 Å². The predicted molar refractivity (Wildman–Crippen MR) is 125 cm³/mol. The van der Waals surface area contributed by atoms with Crippen LogP contribution in [0.3, 0.4) is 0 Å². The first-order valence-electron chi connectivity index (χ1n) is 12.2. The predicted octanol–water partition coefficient (Wildman–Crippen LogP) is 5.69. The number of aromatic nitrogens is 4. The molecule has 2 unspecified atom stereocenters. The van der Waals surface area contributed by atoms with Crippen molar-refractivity contribution in [1.82, 2.24) is 19.7 Å². The molecule has 3 aromatic rings. The maximum atomic E-state index is 15.0. The Morgan fingerprint density at radius 2 is 1.97 bits per heavy atom. The largest absolute Gasteiger partial charge is 0.416 e. The summed E-state index contributed by atoms with van der Waals surface area (Å²) in [6.45, 7) is 3.05. The van der Waals surface area contributed by atoms with E-state index in [0.717, 1.165) is 30.5 Å². The van der Waals surface area contributed by atoms with E-state index >= 15 is 4.39 Å². The molecule has 1 saturated heterocycles. The van der Waals surface area contributed by atoms with Crippen molar-refractivity contribution >= 4 is 11.5 Å². The molecular formula is C25H26F4N6O. The van der Waals surface area contributed by atoms with E-state index in [1.807, 2.05) is 24.0 Å². The number of nitrogens with one attached hydrogen (secondary N) is 2. The van der Waals surface area contributed by atoms with E-state index in [9.17, 15) is 13.2 Å². The fraction of sp³-hybridized carbons (Fsp3) is 0.480. The number of alkyl halides is 3. The summed E-state index contributed by atoms with van der Waals surface area (Å²) in [5.74, 6) is 0.00929. The summed E-state index contributed by atoms with van der Waals surface area (Å²) in [6.07, 6.45) is 2.69. The minimum atomic E-state index is -4.63. The molecule has 1 aliphatic carbocycles. The first kappa shape index (κ1) is 23.2. The summed E-state index contributed by atoms with van der Waals surface area (Å²) < 4.78 is 62.4. The molecule has 3 atom stereocenters. The van der Waals surface area contributed by atoms with Crippen LogP contribution in [-0.4, -0.2) is 38.9 Å². The lowest BCUT2D eigenvalue weighted by Gasteiger charge is -2.31. The molecule has 3 aliphatic rings. The summed E-state index contributed by atoms with van der Waals surface area (Å²) in [5, 5.41) is 11.0. The molecule has 2 fully saturated rings. The van der Waals surface area contributed by atoms with Crippen LogP contribution >= 0.6 is 0 Å². The highest BCUT2D eigenvalue weighted by Gasteiger charge is 2.34. The zero-order chi connectivity index (χ0) is 25.0. The van der Waals surface area contributed by atoms with E-state index in [-0.39, 0.29) is 29.3 Å². The van der Waals surface area contributed by atoms with E-state index in [1.165, 1.54) is 0 Å². The highest BCUT2D eigenvalue weighted by molar-refractivity contribution is 5.84. The van der Waals surface area contributed by atoms with Gasteiger partial charge in [0.25, 0.3) is 0 Å². The third kappa shape index (κ3) is 4.40. The van der Waals surface area contributed by atoms with E-state index in [4.69, 9.17) is 14.7 Å². The Morgan fingerprint density at radius 1 is 1.14 bits per heavy atom. The Hall–Kier alpha value is -3.21. The highest BCUT2D eigenvalue weighted by Crippen LogP contribution is 2.42. The average Bonchev–Trinajstić information content (AvgIpc) is 3.59. The number of hydrogen-bond acceptors (Lipinski definition) is 6. The lowest BCUT2D eigenvalue weighted by Crippen LogP contribution is -2.32. The monoisotopic (exact) mass is 502 g/mol. The van der Waals surface area contributed by atoms with Gasteiger partial charge in [-0.3, -0.25) is 4.68 Å². The van der Waals surface area contributed by atoms with Crippen molar-refractivity contribution in [3.63, 3.8) is 0 Å². The third-order valence-electron chi connectivity index (χ3n) is 7.01. The standard InChI is InChI=1S/C25H26F4N6O/c1-13-10-30-22-21(18-5-2-16(9-19(18)26)25(27,28)29)33-23(34-24(22)32-13)14-6-7-36-20(8-14)15-11-31-35(12-15)17-3-4-17/h2,5,9,11-14,17,20,30H,3-4,6-8,10H2,1H3,(H,32,33,34)/t13?,14?,20-/m1/s1. The second kappa shape index (κ2) is 8.72. The van der Waals surface area contributed by atoms with Crippen LogP contribution < -0.4 is 10.6 Å². The quantitative estimate of drug-likeness (QED) is 0.446. The first-order valence-corrected chi connectivity index (χ1v) is 12.2. The minimum absolute atomic E-state index is 0.000993. The highest BCUT2D eigenvalue weighted by atomic mass is 19.4. The maximum absolute atomic E-state index is 15.0. The van der Waals surface area contributed by atoms with Crippen LogP contribution in [0.4, 0.5) is 29.1 Å².